The molecule has 1 heterocycles. The lowest BCUT2D eigenvalue weighted by atomic mass is 9.98. The molecule has 100 valence electrons. The quantitative estimate of drug-likeness (QED) is 0.908. The number of nitrogens with one attached hydrogen (secondary N) is 1. The number of hydrogen-bond acceptors (Lipinski definition) is 2. The van der Waals surface area contributed by atoms with Gasteiger partial charge in [-0.3, -0.25) is 0 Å². The number of likely N-dealkylation sites (tertiary alicyclic amines) is 1. The summed E-state index contributed by atoms with van der Waals surface area (Å²) >= 11 is 9.65. The van der Waals surface area contributed by atoms with Crippen LogP contribution in [0.4, 0.5) is 0 Å². The van der Waals surface area contributed by atoms with E-state index in [0.29, 0.717) is 0 Å². The second kappa shape index (κ2) is 6.90. The van der Waals surface area contributed by atoms with E-state index in [1.165, 1.54) is 25.9 Å². The van der Waals surface area contributed by atoms with Crippen molar-refractivity contribution in [3.05, 3.63) is 33.3 Å². The first-order valence-electron chi connectivity index (χ1n) is 6.48. The summed E-state index contributed by atoms with van der Waals surface area (Å²) in [5.41, 5.74) is 1.16. The Labute approximate surface area is 123 Å². The highest BCUT2D eigenvalue weighted by Crippen LogP contribution is 2.21. The van der Waals surface area contributed by atoms with Gasteiger partial charge in [0, 0.05) is 22.6 Å². The van der Waals surface area contributed by atoms with Crippen LogP contribution in [0, 0.1) is 5.92 Å². The fraction of sp³-hybridized carbons (Fsp3) is 0.571. The summed E-state index contributed by atoms with van der Waals surface area (Å²) in [6.45, 7) is 4.37. The monoisotopic (exact) mass is 330 g/mol. The van der Waals surface area contributed by atoms with Crippen molar-refractivity contribution in [3.8, 4) is 0 Å². The molecule has 1 aliphatic heterocycles. The Morgan fingerprint density at radius 2 is 2.33 bits per heavy atom. The topological polar surface area (TPSA) is 15.3 Å². The molecule has 1 unspecified atom stereocenters. The first-order valence-corrected chi connectivity index (χ1v) is 7.65. The van der Waals surface area contributed by atoms with E-state index in [0.717, 1.165) is 34.1 Å². The van der Waals surface area contributed by atoms with E-state index in [9.17, 15) is 0 Å². The summed E-state index contributed by atoms with van der Waals surface area (Å²) in [4.78, 5) is 2.42. The standard InChI is InChI=1S/C14H20BrClN2/c1-18-6-2-3-11(10-18)8-17-9-12-7-13(15)4-5-14(12)16/h4-5,7,11,17H,2-3,6,8-10H2,1H3. The zero-order valence-corrected chi connectivity index (χ0v) is 13.1. The molecule has 18 heavy (non-hydrogen) atoms. The minimum absolute atomic E-state index is 0.773. The molecule has 0 radical (unpaired) electrons. The first-order chi connectivity index (χ1) is 8.65. The molecule has 1 aliphatic rings. The molecule has 0 aliphatic carbocycles. The van der Waals surface area contributed by atoms with Crippen LogP contribution in [0.5, 0.6) is 0 Å². The van der Waals surface area contributed by atoms with Gasteiger partial charge in [-0.05, 0) is 62.7 Å². The third-order valence-corrected chi connectivity index (χ3v) is 4.34. The summed E-state index contributed by atoms with van der Waals surface area (Å²) in [7, 11) is 2.21. The molecular formula is C14H20BrClN2. The van der Waals surface area contributed by atoms with Crippen LogP contribution in [-0.2, 0) is 6.54 Å². The zero-order valence-electron chi connectivity index (χ0n) is 10.8. The molecule has 1 aromatic rings. The average molecular weight is 332 g/mol. The highest BCUT2D eigenvalue weighted by molar-refractivity contribution is 9.10. The van der Waals surface area contributed by atoms with E-state index >= 15 is 0 Å². The van der Waals surface area contributed by atoms with Gasteiger partial charge in [0.25, 0.3) is 0 Å². The van der Waals surface area contributed by atoms with Gasteiger partial charge < -0.3 is 10.2 Å². The van der Waals surface area contributed by atoms with Gasteiger partial charge in [0.05, 0.1) is 0 Å². The average Bonchev–Trinajstić information content (AvgIpc) is 2.34. The van der Waals surface area contributed by atoms with Gasteiger partial charge in [0.1, 0.15) is 0 Å². The Morgan fingerprint density at radius 3 is 3.11 bits per heavy atom. The Bertz CT molecular complexity index is 397. The van der Waals surface area contributed by atoms with Crippen molar-refractivity contribution in [1.82, 2.24) is 10.2 Å². The van der Waals surface area contributed by atoms with Crippen LogP contribution in [0.2, 0.25) is 5.02 Å². The van der Waals surface area contributed by atoms with Crippen molar-refractivity contribution in [1.29, 1.82) is 0 Å². The van der Waals surface area contributed by atoms with Crippen LogP contribution in [0.1, 0.15) is 18.4 Å². The normalized spacial score (nSPS) is 21.2. The molecule has 0 aromatic heterocycles. The molecular weight excluding hydrogens is 312 g/mol. The lowest BCUT2D eigenvalue weighted by Crippen LogP contribution is -2.37. The van der Waals surface area contributed by atoms with Gasteiger partial charge in [-0.15, -0.1) is 0 Å². The van der Waals surface area contributed by atoms with Gasteiger partial charge in [0.2, 0.25) is 0 Å². The maximum absolute atomic E-state index is 6.17. The predicted molar refractivity (Wildman–Crippen MR) is 81.1 cm³/mol. The number of benzene rings is 1. The lowest BCUT2D eigenvalue weighted by Gasteiger charge is -2.29. The number of halogens is 2. The van der Waals surface area contributed by atoms with Crippen molar-refractivity contribution in [2.75, 3.05) is 26.7 Å². The molecule has 0 bridgehead atoms. The fourth-order valence-corrected chi connectivity index (χ4v) is 3.12. The Morgan fingerprint density at radius 1 is 1.50 bits per heavy atom. The highest BCUT2D eigenvalue weighted by Gasteiger charge is 2.16. The minimum Gasteiger partial charge on any atom is -0.312 e. The first kappa shape index (κ1) is 14.3. The molecule has 1 N–H and O–H groups in total. The maximum atomic E-state index is 6.17. The van der Waals surface area contributed by atoms with Gasteiger partial charge in [-0.25, -0.2) is 0 Å². The second-order valence-electron chi connectivity index (χ2n) is 5.14. The fourth-order valence-electron chi connectivity index (χ4n) is 2.53. The van der Waals surface area contributed by atoms with Gasteiger partial charge in [-0.2, -0.15) is 0 Å². The van der Waals surface area contributed by atoms with Crippen molar-refractivity contribution >= 4 is 27.5 Å². The van der Waals surface area contributed by atoms with Gasteiger partial charge >= 0.3 is 0 Å². The Balaban J connectivity index is 1.79. The third-order valence-electron chi connectivity index (χ3n) is 3.48. The smallest absolute Gasteiger partial charge is 0.0451 e. The number of rotatable bonds is 4. The maximum Gasteiger partial charge on any atom is 0.0451 e. The van der Waals surface area contributed by atoms with E-state index in [4.69, 9.17) is 11.6 Å². The highest BCUT2D eigenvalue weighted by atomic mass is 79.9. The number of nitrogens with zero attached hydrogens (tertiary/aromatic N) is 1. The minimum atomic E-state index is 0.773. The van der Waals surface area contributed by atoms with Gasteiger partial charge in [0.15, 0.2) is 0 Å². The molecule has 1 fully saturated rings. The van der Waals surface area contributed by atoms with Crippen LogP contribution in [-0.4, -0.2) is 31.6 Å². The van der Waals surface area contributed by atoms with Crippen LogP contribution >= 0.6 is 27.5 Å². The molecule has 2 rings (SSSR count). The summed E-state index contributed by atoms with van der Waals surface area (Å²) in [5, 5.41) is 4.37. The SMILES string of the molecule is CN1CCCC(CNCc2cc(Br)ccc2Cl)C1. The van der Waals surface area contributed by atoms with Crippen LogP contribution in [0.3, 0.4) is 0 Å². The summed E-state index contributed by atoms with van der Waals surface area (Å²) in [6, 6.07) is 6.00. The third kappa shape index (κ3) is 4.23. The van der Waals surface area contributed by atoms with E-state index in [-0.39, 0.29) is 0 Å². The second-order valence-corrected chi connectivity index (χ2v) is 6.46. The van der Waals surface area contributed by atoms with Crippen molar-refractivity contribution < 1.29 is 0 Å². The molecule has 0 spiro atoms. The Kier molecular flexibility index (Phi) is 5.49. The van der Waals surface area contributed by atoms with E-state index in [1.54, 1.807) is 0 Å². The lowest BCUT2D eigenvalue weighted by molar-refractivity contribution is 0.206. The Hall–Kier alpha value is -0.0900. The summed E-state index contributed by atoms with van der Waals surface area (Å²) in [5.74, 6) is 0.773. The molecule has 1 aromatic carbocycles. The van der Waals surface area contributed by atoms with Crippen molar-refractivity contribution in [2.24, 2.45) is 5.92 Å². The van der Waals surface area contributed by atoms with Gasteiger partial charge in [-0.1, -0.05) is 27.5 Å². The molecule has 2 nitrogen and oxygen atoms in total. The molecule has 0 saturated carbocycles. The largest absolute Gasteiger partial charge is 0.312 e. The van der Waals surface area contributed by atoms with Crippen LogP contribution < -0.4 is 5.32 Å². The number of hydrogen-bond donors (Lipinski definition) is 1. The summed E-state index contributed by atoms with van der Waals surface area (Å²) in [6.07, 6.45) is 2.66. The molecule has 4 heteroatoms. The van der Waals surface area contributed by atoms with Crippen molar-refractivity contribution in [2.45, 2.75) is 19.4 Å². The van der Waals surface area contributed by atoms with E-state index in [1.807, 2.05) is 12.1 Å². The summed E-state index contributed by atoms with van der Waals surface area (Å²) < 4.78 is 1.08. The van der Waals surface area contributed by atoms with Crippen molar-refractivity contribution in [3.63, 3.8) is 0 Å². The molecule has 1 atom stereocenters. The molecule has 0 amide bonds. The zero-order chi connectivity index (χ0) is 13.0. The number of piperidine rings is 1. The van der Waals surface area contributed by atoms with Crippen LogP contribution in [0.15, 0.2) is 22.7 Å². The molecule has 1 saturated heterocycles. The van der Waals surface area contributed by atoms with Crippen LogP contribution in [0.25, 0.3) is 0 Å². The van der Waals surface area contributed by atoms with E-state index in [2.05, 4.69) is 39.3 Å². The van der Waals surface area contributed by atoms with E-state index < -0.39 is 0 Å². The predicted octanol–water partition coefficient (Wildman–Crippen LogP) is 3.53.